The number of carbonyl (C=O) groups excluding carboxylic acids is 3. The summed E-state index contributed by atoms with van der Waals surface area (Å²) in [5, 5.41) is 2.79. The lowest BCUT2D eigenvalue weighted by Crippen LogP contribution is -2.31. The van der Waals surface area contributed by atoms with Crippen LogP contribution in [0.5, 0.6) is 5.88 Å². The average molecular weight is 552 g/mol. The van der Waals surface area contributed by atoms with E-state index in [1.165, 1.54) is 36.4 Å². The van der Waals surface area contributed by atoms with Gasteiger partial charge in [0.05, 0.1) is 10.5 Å². The Balaban J connectivity index is 1.28. The quantitative estimate of drug-likeness (QED) is 0.380. The molecule has 0 radical (unpaired) electrons. The molecule has 2 N–H and O–H groups in total. The number of ether oxygens (including phenoxy) is 2. The van der Waals surface area contributed by atoms with Crippen LogP contribution in [0.1, 0.15) is 58.4 Å². The first-order chi connectivity index (χ1) is 18.8. The number of pyridine rings is 1. The largest absolute Gasteiger partial charge is 0.515 e. The van der Waals surface area contributed by atoms with Crippen LogP contribution in [0.4, 0.5) is 4.79 Å². The standard InChI is InChI=1S/C28H29N3O7S/c32-26(29-18-17-20-7-3-1-4-8-20)21-11-14-24(15-12-21)39(35,36)31-27(33)22-13-16-25(30-19-22)38-28(34)37-23-9-5-2-6-10-23/h1,3-4,7-8,11-16,19,23H,2,5-6,9-10,17-18H2,(H,29,32)(H,31,33). The van der Waals surface area contributed by atoms with Crippen LogP contribution in [-0.2, 0) is 21.2 Å². The molecule has 1 saturated carbocycles. The van der Waals surface area contributed by atoms with Gasteiger partial charge in [0.25, 0.3) is 21.8 Å². The highest BCUT2D eigenvalue weighted by molar-refractivity contribution is 7.90. The Labute approximate surface area is 226 Å². The summed E-state index contributed by atoms with van der Waals surface area (Å²) in [5.41, 5.74) is 1.32. The maximum atomic E-state index is 12.7. The van der Waals surface area contributed by atoms with Crippen LogP contribution >= 0.6 is 0 Å². The third-order valence-corrected chi connectivity index (χ3v) is 7.54. The first-order valence-corrected chi connectivity index (χ1v) is 14.1. The highest BCUT2D eigenvalue weighted by Crippen LogP contribution is 2.21. The normalized spacial score (nSPS) is 13.7. The second-order valence-electron chi connectivity index (χ2n) is 9.07. The number of rotatable bonds is 9. The molecule has 39 heavy (non-hydrogen) atoms. The lowest BCUT2D eigenvalue weighted by Gasteiger charge is -2.20. The second-order valence-corrected chi connectivity index (χ2v) is 10.7. The van der Waals surface area contributed by atoms with Gasteiger partial charge in [-0.3, -0.25) is 9.59 Å². The molecule has 0 unspecified atom stereocenters. The van der Waals surface area contributed by atoms with Gasteiger partial charge in [0.2, 0.25) is 5.88 Å². The highest BCUT2D eigenvalue weighted by atomic mass is 32.2. The van der Waals surface area contributed by atoms with Crippen molar-refractivity contribution in [2.45, 2.75) is 49.5 Å². The molecule has 1 aromatic heterocycles. The minimum atomic E-state index is -4.21. The number of nitrogens with one attached hydrogen (secondary N) is 2. The molecule has 0 atom stereocenters. The minimum absolute atomic E-state index is 0.0546. The molecule has 1 aliphatic carbocycles. The van der Waals surface area contributed by atoms with Crippen LogP contribution < -0.4 is 14.8 Å². The molecule has 2 amide bonds. The molecule has 3 aromatic rings. The van der Waals surface area contributed by atoms with E-state index in [9.17, 15) is 22.8 Å². The Kier molecular flexibility index (Phi) is 9.27. The zero-order valence-electron chi connectivity index (χ0n) is 21.2. The maximum Gasteiger partial charge on any atom is 0.515 e. The van der Waals surface area contributed by atoms with Gasteiger partial charge >= 0.3 is 6.16 Å². The van der Waals surface area contributed by atoms with Gasteiger partial charge in [-0.05, 0) is 68.0 Å². The Hall–Kier alpha value is -4.25. The molecule has 10 nitrogen and oxygen atoms in total. The zero-order chi connectivity index (χ0) is 27.7. The van der Waals surface area contributed by atoms with Gasteiger partial charge in [-0.1, -0.05) is 36.8 Å². The van der Waals surface area contributed by atoms with Crippen LogP contribution in [0.2, 0.25) is 0 Å². The van der Waals surface area contributed by atoms with Gasteiger partial charge in [-0.2, -0.15) is 0 Å². The van der Waals surface area contributed by atoms with Crippen molar-refractivity contribution >= 4 is 28.0 Å². The molecule has 0 spiro atoms. The number of amides is 2. The van der Waals surface area contributed by atoms with E-state index < -0.39 is 22.1 Å². The number of nitrogens with zero attached hydrogens (tertiary/aromatic N) is 1. The van der Waals surface area contributed by atoms with Crippen LogP contribution in [0.25, 0.3) is 0 Å². The molecule has 0 aliphatic heterocycles. The summed E-state index contributed by atoms with van der Waals surface area (Å²) in [6, 6.07) is 17.5. The molecule has 204 valence electrons. The summed E-state index contributed by atoms with van der Waals surface area (Å²) in [4.78, 5) is 40.5. The molecule has 1 aliphatic rings. The van der Waals surface area contributed by atoms with Crippen LogP contribution in [0.15, 0.2) is 77.8 Å². The van der Waals surface area contributed by atoms with Crippen molar-refractivity contribution in [1.29, 1.82) is 0 Å². The first-order valence-electron chi connectivity index (χ1n) is 12.6. The van der Waals surface area contributed by atoms with Gasteiger partial charge in [0, 0.05) is 24.4 Å². The second kappa shape index (κ2) is 13.0. The van der Waals surface area contributed by atoms with Crippen LogP contribution in [0, 0.1) is 0 Å². The molecule has 2 aromatic carbocycles. The summed E-state index contributed by atoms with van der Waals surface area (Å²) in [6.07, 6.45) is 5.41. The molecule has 11 heteroatoms. The molecule has 1 fully saturated rings. The number of hydrogen-bond donors (Lipinski definition) is 2. The van der Waals surface area contributed by atoms with Crippen LogP contribution in [0.3, 0.4) is 0 Å². The highest BCUT2D eigenvalue weighted by Gasteiger charge is 2.21. The third kappa shape index (κ3) is 8.11. The van der Waals surface area contributed by atoms with E-state index in [1.54, 1.807) is 0 Å². The van der Waals surface area contributed by atoms with Crippen molar-refractivity contribution in [3.05, 3.63) is 89.6 Å². The summed E-state index contributed by atoms with van der Waals surface area (Å²) in [5.74, 6) is -1.33. The van der Waals surface area contributed by atoms with Crippen molar-refractivity contribution < 1.29 is 32.3 Å². The average Bonchev–Trinajstić information content (AvgIpc) is 2.94. The summed E-state index contributed by atoms with van der Waals surface area (Å²) >= 11 is 0. The predicted octanol–water partition coefficient (Wildman–Crippen LogP) is 4.02. The van der Waals surface area contributed by atoms with Crippen molar-refractivity contribution in [3.8, 4) is 5.88 Å². The summed E-state index contributed by atoms with van der Waals surface area (Å²) in [7, 11) is -4.21. The lowest BCUT2D eigenvalue weighted by atomic mass is 9.98. The SMILES string of the molecule is O=C(Oc1ccc(C(=O)NS(=O)(=O)c2ccc(C(=O)NCCc3ccccc3)cc2)cn1)OC1CCCCC1. The summed E-state index contributed by atoms with van der Waals surface area (Å²) in [6.45, 7) is 0.429. The molecule has 1 heterocycles. The fourth-order valence-electron chi connectivity index (χ4n) is 4.10. The fourth-order valence-corrected chi connectivity index (χ4v) is 5.07. The molecule has 0 bridgehead atoms. The lowest BCUT2D eigenvalue weighted by molar-refractivity contribution is 0.0407. The van der Waals surface area contributed by atoms with Crippen molar-refractivity contribution in [1.82, 2.24) is 15.0 Å². The van der Waals surface area contributed by atoms with Crippen molar-refractivity contribution in [2.24, 2.45) is 0 Å². The van der Waals surface area contributed by atoms with E-state index >= 15 is 0 Å². The van der Waals surface area contributed by atoms with E-state index in [0.29, 0.717) is 13.0 Å². The van der Waals surface area contributed by atoms with E-state index in [-0.39, 0.29) is 33.9 Å². The third-order valence-electron chi connectivity index (χ3n) is 6.20. The number of aromatic nitrogens is 1. The number of benzene rings is 2. The smallest absolute Gasteiger partial charge is 0.431 e. The topological polar surface area (TPSA) is 141 Å². The first kappa shape index (κ1) is 27.8. The van der Waals surface area contributed by atoms with Gasteiger partial charge in [0.1, 0.15) is 6.10 Å². The molecule has 4 rings (SSSR count). The van der Waals surface area contributed by atoms with Crippen molar-refractivity contribution in [3.63, 3.8) is 0 Å². The number of hydrogen-bond acceptors (Lipinski definition) is 8. The van der Waals surface area contributed by atoms with Gasteiger partial charge in [-0.15, -0.1) is 0 Å². The van der Waals surface area contributed by atoms with Crippen LogP contribution in [-0.4, -0.2) is 44.0 Å². The molecule has 0 saturated heterocycles. The zero-order valence-corrected chi connectivity index (χ0v) is 22.0. The monoisotopic (exact) mass is 551 g/mol. The van der Waals surface area contributed by atoms with Crippen molar-refractivity contribution in [2.75, 3.05) is 6.54 Å². The van der Waals surface area contributed by atoms with Gasteiger partial charge in [-0.25, -0.2) is 22.9 Å². The number of carbonyl (C=O) groups is 3. The Morgan fingerprint density at radius 3 is 2.21 bits per heavy atom. The van der Waals surface area contributed by atoms with E-state index in [2.05, 4.69) is 10.3 Å². The van der Waals surface area contributed by atoms with E-state index in [4.69, 9.17) is 9.47 Å². The van der Waals surface area contributed by atoms with Gasteiger partial charge in [0.15, 0.2) is 0 Å². The Morgan fingerprint density at radius 1 is 0.846 bits per heavy atom. The molecular weight excluding hydrogens is 522 g/mol. The Morgan fingerprint density at radius 2 is 1.54 bits per heavy atom. The number of sulfonamides is 1. The summed E-state index contributed by atoms with van der Waals surface area (Å²) < 4.78 is 37.7. The van der Waals surface area contributed by atoms with E-state index in [1.807, 2.05) is 35.1 Å². The Bertz CT molecular complexity index is 1390. The minimum Gasteiger partial charge on any atom is -0.431 e. The fraction of sp³-hybridized carbons (Fsp3) is 0.286. The van der Waals surface area contributed by atoms with Gasteiger partial charge < -0.3 is 14.8 Å². The maximum absolute atomic E-state index is 12.7. The van der Waals surface area contributed by atoms with E-state index in [0.717, 1.165) is 43.9 Å². The predicted molar refractivity (Wildman–Crippen MR) is 142 cm³/mol. The molecular formula is C28H29N3O7S.